The molecule has 12 nitrogen and oxygen atoms in total. The molecule has 0 aliphatic carbocycles. The molecular weight excluding hydrogens is 456 g/mol. The first-order valence-electron chi connectivity index (χ1n) is 11.2. The minimum atomic E-state index is -1.51. The Hall–Kier alpha value is -3.96. The molecule has 1 aliphatic heterocycles. The van der Waals surface area contributed by atoms with Crippen molar-refractivity contribution in [3.05, 3.63) is 35.4 Å². The summed E-state index contributed by atoms with van der Waals surface area (Å²) in [6, 6.07) is 4.29. The highest BCUT2D eigenvalue weighted by Gasteiger charge is 2.56. The summed E-state index contributed by atoms with van der Waals surface area (Å²) in [6.45, 7) is 4.01. The summed E-state index contributed by atoms with van der Waals surface area (Å²) >= 11 is 0. The van der Waals surface area contributed by atoms with E-state index >= 15 is 0 Å². The van der Waals surface area contributed by atoms with Crippen LogP contribution in [-0.2, 0) is 24.7 Å². The number of nitrogens with one attached hydrogen (secondary N) is 1. The number of hydrogen-bond donors (Lipinski definition) is 3. The number of carboxylic acid groups (broad SMARTS) is 1. The van der Waals surface area contributed by atoms with Crippen LogP contribution in [0.4, 0.5) is 4.79 Å². The van der Waals surface area contributed by atoms with Crippen LogP contribution in [0.25, 0.3) is 0 Å². The van der Waals surface area contributed by atoms with Crippen LogP contribution in [0, 0.1) is 0 Å². The first-order valence-corrected chi connectivity index (χ1v) is 11.2. The van der Waals surface area contributed by atoms with Gasteiger partial charge in [-0.1, -0.05) is 44.0 Å². The summed E-state index contributed by atoms with van der Waals surface area (Å²) in [7, 11) is 1.41. The molecule has 1 aromatic carbocycles. The summed E-state index contributed by atoms with van der Waals surface area (Å²) in [6.07, 6.45) is 3.84. The molecule has 1 fully saturated rings. The predicted octanol–water partition coefficient (Wildman–Crippen LogP) is 1.00. The van der Waals surface area contributed by atoms with Crippen molar-refractivity contribution in [2.24, 2.45) is 10.9 Å². The first kappa shape index (κ1) is 27.3. The molecule has 12 heteroatoms. The number of unbranched alkanes of at least 4 members (excludes halogenated alkanes) is 2. The Morgan fingerprint density at radius 1 is 1.23 bits per heavy atom. The molecule has 0 aromatic heterocycles. The summed E-state index contributed by atoms with van der Waals surface area (Å²) in [5.41, 5.74) is -0.316. The van der Waals surface area contributed by atoms with Gasteiger partial charge in [-0.2, -0.15) is 10.1 Å². The first-order chi connectivity index (χ1) is 16.5. The van der Waals surface area contributed by atoms with Gasteiger partial charge in [0, 0.05) is 20.4 Å². The molecule has 2 unspecified atom stereocenters. The number of hydrazone groups is 1. The number of rotatable bonds is 11. The number of hydrazine groups is 1. The second-order valence-electron chi connectivity index (χ2n) is 8.45. The number of likely N-dealkylation sites (N-methyl/N-ethyl adjacent to an activating group) is 1. The Bertz CT molecular complexity index is 1010. The number of hydrogen-bond acceptors (Lipinski definition) is 7. The van der Waals surface area contributed by atoms with Crippen molar-refractivity contribution in [2.75, 3.05) is 13.6 Å². The van der Waals surface area contributed by atoms with Crippen molar-refractivity contribution in [3.63, 3.8) is 0 Å². The number of carboxylic acids is 1. The van der Waals surface area contributed by atoms with Crippen molar-refractivity contribution in [1.82, 2.24) is 20.2 Å². The van der Waals surface area contributed by atoms with Gasteiger partial charge in [-0.25, -0.2) is 14.6 Å². The van der Waals surface area contributed by atoms with E-state index in [1.54, 1.807) is 24.3 Å². The zero-order valence-electron chi connectivity index (χ0n) is 20.4. The Balaban J connectivity index is 2.33. The van der Waals surface area contributed by atoms with Gasteiger partial charge >= 0.3 is 12.0 Å². The van der Waals surface area contributed by atoms with E-state index in [9.17, 15) is 29.1 Å². The van der Waals surface area contributed by atoms with Crippen molar-refractivity contribution >= 4 is 35.9 Å². The number of nitrogens with two attached hydrogens (primary N) is 1. The van der Waals surface area contributed by atoms with Crippen molar-refractivity contribution in [3.8, 4) is 0 Å². The number of aliphatic carboxylic acids is 1. The fourth-order valence-corrected chi connectivity index (χ4v) is 3.79. The summed E-state index contributed by atoms with van der Waals surface area (Å²) in [5.74, 6) is 1.81. The smallest absolute Gasteiger partial charge is 0.347 e. The molecule has 1 aliphatic rings. The monoisotopic (exact) mass is 488 g/mol. The van der Waals surface area contributed by atoms with Crippen LogP contribution in [0.15, 0.2) is 29.4 Å². The summed E-state index contributed by atoms with van der Waals surface area (Å²) in [4.78, 5) is 64.4. The molecule has 5 amide bonds. The van der Waals surface area contributed by atoms with Gasteiger partial charge in [0.25, 0.3) is 5.91 Å². The number of carbonyl (C=O) groups excluding carboxylic acids is 4. The van der Waals surface area contributed by atoms with Crippen LogP contribution in [0.1, 0.15) is 57.6 Å². The van der Waals surface area contributed by atoms with Gasteiger partial charge in [0.1, 0.15) is 11.6 Å². The summed E-state index contributed by atoms with van der Waals surface area (Å²) in [5, 5.41) is 16.8. The third-order valence-electron chi connectivity index (χ3n) is 6.05. The van der Waals surface area contributed by atoms with Gasteiger partial charge in [0.15, 0.2) is 0 Å². The van der Waals surface area contributed by atoms with Crippen molar-refractivity contribution in [2.45, 2.75) is 58.0 Å². The van der Waals surface area contributed by atoms with Crippen LogP contribution < -0.4 is 11.2 Å². The quantitative estimate of drug-likeness (QED) is 0.137. The normalized spacial score (nSPS) is 18.7. The maximum absolute atomic E-state index is 13.5. The Morgan fingerprint density at radius 3 is 2.37 bits per heavy atom. The number of carbonyl (C=O) groups is 5. The highest BCUT2D eigenvalue weighted by molar-refractivity contribution is 6.08. The Morgan fingerprint density at radius 2 is 1.86 bits per heavy atom. The average molecular weight is 489 g/mol. The lowest BCUT2D eigenvalue weighted by Crippen LogP contribution is -2.57. The molecule has 35 heavy (non-hydrogen) atoms. The van der Waals surface area contributed by atoms with Crippen molar-refractivity contribution in [1.29, 1.82) is 0 Å². The molecule has 4 N–H and O–H groups in total. The molecule has 1 saturated heterocycles. The second kappa shape index (κ2) is 11.4. The predicted molar refractivity (Wildman–Crippen MR) is 127 cm³/mol. The lowest BCUT2D eigenvalue weighted by molar-refractivity contribution is -0.158. The van der Waals surface area contributed by atoms with E-state index in [1.165, 1.54) is 25.1 Å². The molecule has 190 valence electrons. The van der Waals surface area contributed by atoms with Crippen LogP contribution in [0.5, 0.6) is 0 Å². The average Bonchev–Trinajstić information content (AvgIpc) is 2.98. The molecule has 0 spiro atoms. The van der Waals surface area contributed by atoms with E-state index in [0.29, 0.717) is 22.6 Å². The molecule has 0 saturated carbocycles. The van der Waals surface area contributed by atoms with E-state index in [2.05, 4.69) is 10.4 Å². The van der Waals surface area contributed by atoms with Gasteiger partial charge < -0.3 is 21.2 Å². The van der Waals surface area contributed by atoms with Crippen LogP contribution in [0.2, 0.25) is 0 Å². The van der Waals surface area contributed by atoms with E-state index < -0.39 is 47.8 Å². The van der Waals surface area contributed by atoms with E-state index in [0.717, 1.165) is 24.8 Å². The van der Waals surface area contributed by atoms with Crippen LogP contribution >= 0.6 is 0 Å². The SMILES string of the molecule is CCCCCC(=O)NC(CN(C(C)=O)N1C(=O)N(C)C(C)(c2ccc(C=NN)cc2)C1=O)C(=O)O. The molecule has 0 radical (unpaired) electrons. The molecule has 0 bridgehead atoms. The standard InChI is InChI=1S/C23H32N6O6/c1-5-6-7-8-19(31)26-18(20(32)33)14-28(15(2)30)29-21(34)23(3,27(4)22(29)35)17-11-9-16(10-12-17)13-25-24/h9-13,18H,5-8,14,24H2,1-4H3,(H,26,31)(H,32,33). The van der Waals surface area contributed by atoms with Crippen LogP contribution in [0.3, 0.4) is 0 Å². The lowest BCUT2D eigenvalue weighted by atomic mass is 9.90. The van der Waals surface area contributed by atoms with Gasteiger partial charge in [0.05, 0.1) is 12.8 Å². The van der Waals surface area contributed by atoms with Gasteiger partial charge in [0.2, 0.25) is 11.8 Å². The Labute approximate surface area is 203 Å². The fraction of sp³-hybridized carbons (Fsp3) is 0.478. The highest BCUT2D eigenvalue weighted by Crippen LogP contribution is 2.37. The number of imide groups is 1. The maximum atomic E-state index is 13.5. The maximum Gasteiger partial charge on any atom is 0.347 e. The third-order valence-corrected chi connectivity index (χ3v) is 6.05. The van der Waals surface area contributed by atoms with Gasteiger partial charge in [-0.15, -0.1) is 0 Å². The molecule has 2 atom stereocenters. The Kier molecular flexibility index (Phi) is 8.93. The topological polar surface area (TPSA) is 166 Å². The third kappa shape index (κ3) is 5.76. The van der Waals surface area contributed by atoms with E-state index in [4.69, 9.17) is 5.84 Å². The molecule has 1 heterocycles. The summed E-state index contributed by atoms with van der Waals surface area (Å²) < 4.78 is 0. The molecular formula is C23H32N6O6. The number of urea groups is 1. The number of amides is 5. The van der Waals surface area contributed by atoms with E-state index in [1.807, 2.05) is 6.92 Å². The van der Waals surface area contributed by atoms with E-state index in [-0.39, 0.29) is 6.42 Å². The number of benzene rings is 1. The van der Waals surface area contributed by atoms with Crippen LogP contribution in [-0.4, -0.2) is 75.6 Å². The zero-order valence-corrected chi connectivity index (χ0v) is 20.4. The molecule has 2 rings (SSSR count). The highest BCUT2D eigenvalue weighted by atomic mass is 16.4. The largest absolute Gasteiger partial charge is 0.480 e. The lowest BCUT2D eigenvalue weighted by Gasteiger charge is -2.31. The fourth-order valence-electron chi connectivity index (χ4n) is 3.79. The minimum Gasteiger partial charge on any atom is -0.480 e. The molecule has 1 aromatic rings. The minimum absolute atomic E-state index is 0.130. The zero-order chi connectivity index (χ0) is 26.3. The van der Waals surface area contributed by atoms with Gasteiger partial charge in [-0.3, -0.25) is 14.4 Å². The number of nitrogens with zero attached hydrogens (tertiary/aromatic N) is 4. The second-order valence-corrected chi connectivity index (χ2v) is 8.45. The van der Waals surface area contributed by atoms with Crippen molar-refractivity contribution < 1.29 is 29.1 Å². The van der Waals surface area contributed by atoms with Gasteiger partial charge in [-0.05, 0) is 24.5 Å².